The highest BCUT2D eigenvalue weighted by molar-refractivity contribution is 6.01. The van der Waals surface area contributed by atoms with Crippen molar-refractivity contribution in [2.24, 2.45) is 0 Å². The molecule has 2 aromatic carbocycles. The summed E-state index contributed by atoms with van der Waals surface area (Å²) in [6.07, 6.45) is 0. The van der Waals surface area contributed by atoms with Gasteiger partial charge in [-0.15, -0.1) is 0 Å². The number of amides is 1. The highest BCUT2D eigenvalue weighted by atomic mass is 16.5. The summed E-state index contributed by atoms with van der Waals surface area (Å²) in [6, 6.07) is 13.0. The van der Waals surface area contributed by atoms with Crippen molar-refractivity contribution in [1.29, 1.82) is 0 Å². The minimum atomic E-state index is -1.10. The smallest absolute Gasteiger partial charge is 0.337 e. The molecule has 0 saturated carbocycles. The van der Waals surface area contributed by atoms with Crippen molar-refractivity contribution in [3.63, 3.8) is 0 Å². The van der Waals surface area contributed by atoms with Crippen LogP contribution >= 0.6 is 0 Å². The Morgan fingerprint density at radius 1 is 1.00 bits per heavy atom. The molecule has 0 atom stereocenters. The van der Waals surface area contributed by atoms with Crippen LogP contribution in [0.15, 0.2) is 48.5 Å². The number of carbonyl (C=O) groups is 3. The monoisotopic (exact) mass is 327 g/mol. The number of carboxylic acid groups (broad SMARTS) is 1. The van der Waals surface area contributed by atoms with Crippen LogP contribution in [0.2, 0.25) is 0 Å². The minimum absolute atomic E-state index is 0.0595. The molecule has 0 saturated heterocycles. The van der Waals surface area contributed by atoms with Crippen LogP contribution in [0.4, 0.5) is 5.69 Å². The average Bonchev–Trinajstić information content (AvgIpc) is 2.53. The maximum absolute atomic E-state index is 12.0. The van der Waals surface area contributed by atoms with Gasteiger partial charge in [-0.3, -0.25) is 9.59 Å². The fraction of sp³-hybridized carbons (Fsp3) is 0.167. The molecule has 1 amide bonds. The van der Waals surface area contributed by atoms with Crippen molar-refractivity contribution in [2.45, 2.75) is 20.4 Å². The Kier molecular flexibility index (Phi) is 5.31. The molecule has 0 radical (unpaired) electrons. The van der Waals surface area contributed by atoms with Crippen LogP contribution < -0.4 is 9.64 Å². The zero-order chi connectivity index (χ0) is 17.7. The SMILES string of the molecule is CC(=O)Oc1ccc(CN(C(C)=O)c2ccccc2C(=O)O)cc1. The molecule has 1 N–H and O–H groups in total. The molecule has 0 heterocycles. The van der Waals surface area contributed by atoms with Gasteiger partial charge in [-0.05, 0) is 29.8 Å². The van der Waals surface area contributed by atoms with Gasteiger partial charge in [0.2, 0.25) is 5.91 Å². The molecule has 0 aliphatic heterocycles. The lowest BCUT2D eigenvalue weighted by Crippen LogP contribution is -2.29. The van der Waals surface area contributed by atoms with Crippen molar-refractivity contribution in [2.75, 3.05) is 4.90 Å². The molecule has 0 fully saturated rings. The van der Waals surface area contributed by atoms with Gasteiger partial charge in [0.1, 0.15) is 5.75 Å². The van der Waals surface area contributed by atoms with E-state index in [0.717, 1.165) is 5.56 Å². The van der Waals surface area contributed by atoms with Gasteiger partial charge in [0, 0.05) is 13.8 Å². The Morgan fingerprint density at radius 2 is 1.62 bits per heavy atom. The lowest BCUT2D eigenvalue weighted by molar-refractivity contribution is -0.131. The van der Waals surface area contributed by atoms with Crippen LogP contribution in [0, 0.1) is 0 Å². The zero-order valence-corrected chi connectivity index (χ0v) is 13.4. The number of carbonyl (C=O) groups excluding carboxylic acids is 2. The summed E-state index contributed by atoms with van der Waals surface area (Å²) < 4.78 is 4.96. The Hall–Kier alpha value is -3.15. The largest absolute Gasteiger partial charge is 0.478 e. The first-order valence-corrected chi connectivity index (χ1v) is 7.26. The fourth-order valence-electron chi connectivity index (χ4n) is 2.27. The summed E-state index contributed by atoms with van der Waals surface area (Å²) in [4.78, 5) is 35.7. The Balaban J connectivity index is 2.28. The van der Waals surface area contributed by atoms with E-state index < -0.39 is 11.9 Å². The lowest BCUT2D eigenvalue weighted by atomic mass is 10.1. The number of benzene rings is 2. The third-order valence-electron chi connectivity index (χ3n) is 3.33. The molecule has 2 aromatic rings. The van der Waals surface area contributed by atoms with Crippen LogP contribution in [0.25, 0.3) is 0 Å². The normalized spacial score (nSPS) is 10.1. The minimum Gasteiger partial charge on any atom is -0.478 e. The summed E-state index contributed by atoms with van der Waals surface area (Å²) in [6.45, 7) is 2.90. The molecule has 24 heavy (non-hydrogen) atoms. The predicted molar refractivity (Wildman–Crippen MR) is 88.0 cm³/mol. The standard InChI is InChI=1S/C18H17NO5/c1-12(20)19(17-6-4-3-5-16(17)18(22)23)11-14-7-9-15(10-8-14)24-13(2)21/h3-10H,11H2,1-2H3,(H,22,23). The third-order valence-corrected chi connectivity index (χ3v) is 3.33. The molecule has 0 spiro atoms. The molecular weight excluding hydrogens is 310 g/mol. The number of hydrogen-bond donors (Lipinski definition) is 1. The van der Waals surface area contributed by atoms with Gasteiger partial charge in [-0.1, -0.05) is 24.3 Å². The summed E-state index contributed by atoms with van der Waals surface area (Å²) in [7, 11) is 0. The number of carboxylic acids is 1. The molecule has 0 aromatic heterocycles. The first kappa shape index (κ1) is 17.2. The molecular formula is C18H17NO5. The molecule has 6 heteroatoms. The van der Waals surface area contributed by atoms with Gasteiger partial charge in [0.05, 0.1) is 17.8 Å². The van der Waals surface area contributed by atoms with Gasteiger partial charge in [-0.2, -0.15) is 0 Å². The molecule has 0 unspecified atom stereocenters. The summed E-state index contributed by atoms with van der Waals surface area (Å²) >= 11 is 0. The van der Waals surface area contributed by atoms with E-state index >= 15 is 0 Å². The van der Waals surface area contributed by atoms with Gasteiger partial charge in [0.25, 0.3) is 0 Å². The van der Waals surface area contributed by atoms with Crippen LogP contribution in [0.3, 0.4) is 0 Å². The number of esters is 1. The van der Waals surface area contributed by atoms with Crippen LogP contribution in [0.5, 0.6) is 5.75 Å². The summed E-state index contributed by atoms with van der Waals surface area (Å²) in [5.74, 6) is -1.37. The lowest BCUT2D eigenvalue weighted by Gasteiger charge is -2.23. The van der Waals surface area contributed by atoms with Crippen molar-refractivity contribution < 1.29 is 24.2 Å². The Morgan fingerprint density at radius 3 is 2.17 bits per heavy atom. The Bertz CT molecular complexity index is 767. The van der Waals surface area contributed by atoms with E-state index in [-0.39, 0.29) is 18.0 Å². The zero-order valence-electron chi connectivity index (χ0n) is 13.4. The van der Waals surface area contributed by atoms with Gasteiger partial charge < -0.3 is 14.7 Å². The second-order valence-corrected chi connectivity index (χ2v) is 5.17. The van der Waals surface area contributed by atoms with E-state index in [1.807, 2.05) is 0 Å². The van der Waals surface area contributed by atoms with E-state index in [1.54, 1.807) is 42.5 Å². The van der Waals surface area contributed by atoms with Crippen molar-refractivity contribution in [1.82, 2.24) is 0 Å². The highest BCUT2D eigenvalue weighted by Crippen LogP contribution is 2.23. The first-order chi connectivity index (χ1) is 11.4. The number of nitrogens with zero attached hydrogens (tertiary/aromatic N) is 1. The summed E-state index contributed by atoms with van der Waals surface area (Å²) in [5.41, 5.74) is 1.17. The van der Waals surface area contributed by atoms with Crippen LogP contribution in [-0.2, 0) is 16.1 Å². The second kappa shape index (κ2) is 7.41. The van der Waals surface area contributed by atoms with Gasteiger partial charge >= 0.3 is 11.9 Å². The maximum atomic E-state index is 12.0. The highest BCUT2D eigenvalue weighted by Gasteiger charge is 2.19. The number of ether oxygens (including phenoxy) is 1. The maximum Gasteiger partial charge on any atom is 0.337 e. The topological polar surface area (TPSA) is 83.9 Å². The molecule has 0 bridgehead atoms. The van der Waals surface area contributed by atoms with Crippen LogP contribution in [0.1, 0.15) is 29.8 Å². The van der Waals surface area contributed by atoms with E-state index in [1.165, 1.54) is 24.8 Å². The molecule has 2 rings (SSSR count). The average molecular weight is 327 g/mol. The number of rotatable bonds is 5. The number of aromatic carboxylic acids is 1. The van der Waals surface area contributed by atoms with Crippen LogP contribution in [-0.4, -0.2) is 23.0 Å². The number of anilines is 1. The molecule has 0 aliphatic rings. The molecule has 6 nitrogen and oxygen atoms in total. The van der Waals surface area contributed by atoms with E-state index in [4.69, 9.17) is 4.74 Å². The third kappa shape index (κ3) is 4.19. The van der Waals surface area contributed by atoms with Crippen molar-refractivity contribution in [3.8, 4) is 5.75 Å². The van der Waals surface area contributed by atoms with E-state index in [2.05, 4.69) is 0 Å². The predicted octanol–water partition coefficient (Wildman–Crippen LogP) is 2.86. The summed E-state index contributed by atoms with van der Waals surface area (Å²) in [5, 5.41) is 9.30. The first-order valence-electron chi connectivity index (χ1n) is 7.26. The quantitative estimate of drug-likeness (QED) is 0.674. The fourth-order valence-corrected chi connectivity index (χ4v) is 2.27. The molecule has 0 aliphatic carbocycles. The van der Waals surface area contributed by atoms with Gasteiger partial charge in [0.15, 0.2) is 0 Å². The van der Waals surface area contributed by atoms with Crippen molar-refractivity contribution in [3.05, 3.63) is 59.7 Å². The Labute approximate surface area is 139 Å². The van der Waals surface area contributed by atoms with E-state index in [9.17, 15) is 19.5 Å². The van der Waals surface area contributed by atoms with E-state index in [0.29, 0.717) is 11.4 Å². The molecule has 124 valence electrons. The van der Waals surface area contributed by atoms with Gasteiger partial charge in [-0.25, -0.2) is 4.79 Å². The second-order valence-electron chi connectivity index (χ2n) is 5.17. The van der Waals surface area contributed by atoms with Crippen molar-refractivity contribution >= 4 is 23.5 Å². The number of hydrogen-bond acceptors (Lipinski definition) is 4. The number of para-hydroxylation sites is 1.